The SMILES string of the molecule is CC(/C=C/[C@@H]1C[C@]2(CO2)C[C@@H](CC(=O)NCCNC(=O)OCc2ccc(NC(=O)[C@H](C)NC(=O)[C@@H](NC(=O)CBr)C(C)C)cc2)O1)=C\C[C@@H]1O[C@H](C)[C@H](NC(=O)/C=C\[C@H](C)c2noc(C)n2)C[C@@H]1C. The average Bonchev–Trinajstić information content (AvgIpc) is 3.89. The minimum absolute atomic E-state index is 0.00538. The van der Waals surface area contributed by atoms with Gasteiger partial charge in [0.05, 0.1) is 54.4 Å². The lowest BCUT2D eigenvalue weighted by atomic mass is 9.88. The van der Waals surface area contributed by atoms with Crippen molar-refractivity contribution < 1.29 is 52.2 Å². The second kappa shape index (κ2) is 26.0. The molecule has 19 nitrogen and oxygen atoms in total. The summed E-state index contributed by atoms with van der Waals surface area (Å²) in [7, 11) is 0. The highest BCUT2D eigenvalue weighted by Crippen LogP contribution is 2.43. The summed E-state index contributed by atoms with van der Waals surface area (Å²) in [5.41, 5.74) is 1.94. The summed E-state index contributed by atoms with van der Waals surface area (Å²) in [6, 6.07) is 4.91. The monoisotopic (exact) mass is 1020 g/mol. The van der Waals surface area contributed by atoms with Gasteiger partial charge in [-0.1, -0.05) is 90.8 Å². The van der Waals surface area contributed by atoms with Crippen LogP contribution in [0.5, 0.6) is 0 Å². The van der Waals surface area contributed by atoms with Crippen molar-refractivity contribution in [2.45, 2.75) is 148 Å². The summed E-state index contributed by atoms with van der Waals surface area (Å²) in [5, 5.41) is 20.5. The molecule has 2 aromatic rings. The third-order valence-electron chi connectivity index (χ3n) is 12.2. The van der Waals surface area contributed by atoms with Crippen LogP contribution >= 0.6 is 15.9 Å². The molecule has 6 N–H and O–H groups in total. The molecule has 20 heteroatoms. The molecule has 3 aliphatic rings. The van der Waals surface area contributed by atoms with E-state index >= 15 is 0 Å². The highest BCUT2D eigenvalue weighted by Gasteiger charge is 2.51. The maximum atomic E-state index is 12.9. The molecular formula is C49H69BrN8O11. The summed E-state index contributed by atoms with van der Waals surface area (Å²) in [6.07, 6.45) is 11.1. The number of halogens is 1. The van der Waals surface area contributed by atoms with Crippen molar-refractivity contribution in [3.63, 3.8) is 0 Å². The molecule has 3 saturated heterocycles. The van der Waals surface area contributed by atoms with Gasteiger partial charge in [-0.3, -0.25) is 24.0 Å². The minimum atomic E-state index is -0.873. The van der Waals surface area contributed by atoms with Crippen molar-refractivity contribution in [1.82, 2.24) is 36.7 Å². The van der Waals surface area contributed by atoms with Crippen LogP contribution < -0.4 is 31.9 Å². The van der Waals surface area contributed by atoms with Gasteiger partial charge in [0.25, 0.3) is 0 Å². The van der Waals surface area contributed by atoms with Crippen molar-refractivity contribution in [2.75, 3.05) is 30.3 Å². The van der Waals surface area contributed by atoms with Gasteiger partial charge in [-0.15, -0.1) is 0 Å². The van der Waals surface area contributed by atoms with E-state index in [2.05, 4.69) is 71.0 Å². The molecule has 0 aliphatic carbocycles. The number of amides is 6. The van der Waals surface area contributed by atoms with Crippen LogP contribution in [0.4, 0.5) is 10.5 Å². The van der Waals surface area contributed by atoms with Crippen LogP contribution in [0.2, 0.25) is 0 Å². The predicted molar refractivity (Wildman–Crippen MR) is 260 cm³/mol. The van der Waals surface area contributed by atoms with E-state index in [1.54, 1.807) is 58.0 Å². The molecule has 3 aliphatic heterocycles. The fraction of sp³-hybridized carbons (Fsp3) is 0.592. The van der Waals surface area contributed by atoms with Crippen LogP contribution in [0, 0.1) is 18.8 Å². The number of epoxide rings is 1. The highest BCUT2D eigenvalue weighted by molar-refractivity contribution is 9.09. The number of nitrogens with one attached hydrogen (secondary N) is 6. The Labute approximate surface area is 412 Å². The fourth-order valence-corrected chi connectivity index (χ4v) is 8.23. The lowest BCUT2D eigenvalue weighted by Gasteiger charge is -2.39. The van der Waals surface area contributed by atoms with Crippen LogP contribution in [0.25, 0.3) is 0 Å². The maximum Gasteiger partial charge on any atom is 0.407 e. The summed E-state index contributed by atoms with van der Waals surface area (Å²) >= 11 is 3.07. The normalized spacial score (nSPS) is 24.9. The number of aryl methyl sites for hydroxylation is 1. The number of benzene rings is 1. The number of rotatable bonds is 22. The highest BCUT2D eigenvalue weighted by atomic mass is 79.9. The van der Waals surface area contributed by atoms with Gasteiger partial charge in [0.2, 0.25) is 35.4 Å². The zero-order valence-electron chi connectivity index (χ0n) is 40.8. The van der Waals surface area contributed by atoms with Crippen molar-refractivity contribution in [2.24, 2.45) is 11.8 Å². The van der Waals surface area contributed by atoms with Crippen LogP contribution in [0.15, 0.2) is 64.7 Å². The number of alkyl halides is 1. The van der Waals surface area contributed by atoms with Gasteiger partial charge in [0, 0.05) is 44.5 Å². The quantitative estimate of drug-likeness (QED) is 0.0301. The van der Waals surface area contributed by atoms with E-state index in [1.807, 2.05) is 32.9 Å². The summed E-state index contributed by atoms with van der Waals surface area (Å²) < 4.78 is 28.9. The van der Waals surface area contributed by atoms with Gasteiger partial charge in [0.1, 0.15) is 18.7 Å². The van der Waals surface area contributed by atoms with E-state index in [4.69, 9.17) is 23.5 Å². The number of allylic oxidation sites excluding steroid dienone is 3. The van der Waals surface area contributed by atoms with Crippen LogP contribution in [-0.2, 0) is 49.5 Å². The largest absolute Gasteiger partial charge is 0.445 e. The Morgan fingerprint density at radius 2 is 1.67 bits per heavy atom. The third kappa shape index (κ3) is 17.8. The summed E-state index contributed by atoms with van der Waals surface area (Å²) in [6.45, 7) is 15.9. The molecule has 10 atom stereocenters. The van der Waals surface area contributed by atoms with E-state index in [9.17, 15) is 28.8 Å². The number of anilines is 1. The third-order valence-corrected chi connectivity index (χ3v) is 12.7. The molecule has 1 aromatic carbocycles. The molecule has 1 aromatic heterocycles. The Kier molecular flexibility index (Phi) is 20.5. The van der Waals surface area contributed by atoms with E-state index in [-0.39, 0.29) is 103 Å². The molecule has 0 unspecified atom stereocenters. The van der Waals surface area contributed by atoms with Gasteiger partial charge in [-0.05, 0) is 69.2 Å². The molecule has 4 heterocycles. The molecule has 0 bridgehead atoms. The van der Waals surface area contributed by atoms with Gasteiger partial charge in [0.15, 0.2) is 5.82 Å². The van der Waals surface area contributed by atoms with Crippen molar-refractivity contribution in [1.29, 1.82) is 0 Å². The number of carbonyl (C=O) groups is 6. The zero-order chi connectivity index (χ0) is 50.3. The number of alkyl carbamates (subject to hydrolysis) is 1. The van der Waals surface area contributed by atoms with Gasteiger partial charge in [-0.2, -0.15) is 4.98 Å². The number of hydrogen-bond donors (Lipinski definition) is 6. The first-order chi connectivity index (χ1) is 32.8. The number of carbonyl (C=O) groups excluding carboxylic acids is 6. The molecule has 378 valence electrons. The average molecular weight is 1030 g/mol. The van der Waals surface area contributed by atoms with Crippen molar-refractivity contribution >= 4 is 57.2 Å². The Morgan fingerprint density at radius 1 is 0.942 bits per heavy atom. The van der Waals surface area contributed by atoms with Gasteiger partial charge in [-0.25, -0.2) is 4.79 Å². The van der Waals surface area contributed by atoms with E-state index in [1.165, 1.54) is 6.08 Å². The predicted octanol–water partition coefficient (Wildman–Crippen LogP) is 4.96. The second-order valence-electron chi connectivity index (χ2n) is 18.6. The fourth-order valence-electron chi connectivity index (χ4n) is 8.07. The smallest absolute Gasteiger partial charge is 0.407 e. The van der Waals surface area contributed by atoms with E-state index in [0.29, 0.717) is 42.4 Å². The molecule has 6 amide bonds. The Bertz CT molecular complexity index is 2170. The molecule has 1 spiro atoms. The van der Waals surface area contributed by atoms with Crippen molar-refractivity contribution in [3.8, 4) is 0 Å². The first kappa shape index (κ1) is 54.5. The van der Waals surface area contributed by atoms with Gasteiger partial charge >= 0.3 is 6.09 Å². The number of aromatic nitrogens is 2. The molecule has 69 heavy (non-hydrogen) atoms. The first-order valence-electron chi connectivity index (χ1n) is 23.6. The molecular weight excluding hydrogens is 956 g/mol. The Morgan fingerprint density at radius 3 is 2.33 bits per heavy atom. The maximum absolute atomic E-state index is 12.9. The lowest BCUT2D eigenvalue weighted by Crippen LogP contribution is -2.53. The topological polar surface area (TPSA) is 254 Å². The number of nitrogens with zero attached hydrogens (tertiary/aromatic N) is 2. The minimum Gasteiger partial charge on any atom is -0.445 e. The summed E-state index contributed by atoms with van der Waals surface area (Å²) in [5.74, 6) is -0.743. The first-order valence-corrected chi connectivity index (χ1v) is 24.8. The lowest BCUT2D eigenvalue weighted by molar-refractivity contribution is -0.131. The van der Waals surface area contributed by atoms with E-state index < -0.39 is 30.0 Å². The Balaban J connectivity index is 0.957. The number of hydrogen-bond acceptors (Lipinski definition) is 13. The molecule has 0 radical (unpaired) electrons. The van der Waals surface area contributed by atoms with Crippen LogP contribution in [-0.4, -0.2) is 119 Å². The van der Waals surface area contributed by atoms with Crippen LogP contribution in [0.1, 0.15) is 104 Å². The molecule has 3 fully saturated rings. The second-order valence-corrected chi connectivity index (χ2v) is 19.2. The van der Waals surface area contributed by atoms with Gasteiger partial charge < -0.3 is 55.4 Å². The van der Waals surface area contributed by atoms with Crippen molar-refractivity contribution in [3.05, 3.63) is 77.5 Å². The Hall–Kier alpha value is -5.44. The summed E-state index contributed by atoms with van der Waals surface area (Å²) in [4.78, 5) is 79.5. The van der Waals surface area contributed by atoms with E-state index in [0.717, 1.165) is 18.4 Å². The van der Waals surface area contributed by atoms with Crippen LogP contribution in [0.3, 0.4) is 0 Å². The molecule has 5 rings (SSSR count). The standard InChI is InChI=1S/C49H69BrN8O11/c1-28(2)44(57-43(61)25-50)47(63)53-32(6)46(62)55-36-14-12-35(13-15-36)26-65-48(64)52-20-19-51-42(60)22-38-24-49(27-66-49)23-37(68-38)16-9-29(3)10-17-40-31(5)21-39(33(7)67-40)56-41(59)18-11-30(4)45-54-34(8)69-58-45/h9-16,18,28,30-33,37-40,44H,17,19-27H2,1-8H3,(H,51,60)(H,52,64)(H,53,63)(H,55,62)(H,56,59)(H,57,61)/b16-9+,18-11-,29-10+/t30-,31-,32-,33+,37+,38+,39+,40-,44-,49+/m0/s1. The zero-order valence-corrected chi connectivity index (χ0v) is 42.4. The number of ether oxygens (including phenoxy) is 4. The molecule has 0 saturated carbocycles.